The van der Waals surface area contributed by atoms with E-state index in [0.717, 1.165) is 53.6 Å². The van der Waals surface area contributed by atoms with Crippen molar-refractivity contribution in [2.24, 2.45) is 0 Å². The van der Waals surface area contributed by atoms with Crippen molar-refractivity contribution >= 4 is 32.9 Å². The number of hydrogen-bond donors (Lipinski definition) is 2. The van der Waals surface area contributed by atoms with Crippen LogP contribution >= 0.6 is 0 Å². The molecular weight excluding hydrogens is 568 g/mol. The molecule has 0 atom stereocenters. The number of amides is 2. The summed E-state index contributed by atoms with van der Waals surface area (Å²) in [7, 11) is -0.530. The van der Waals surface area contributed by atoms with Crippen LogP contribution in [0.15, 0.2) is 42.5 Å². The maximum absolute atomic E-state index is 13.6. The Labute approximate surface area is 252 Å². The fourth-order valence-electron chi connectivity index (χ4n) is 6.72. The van der Waals surface area contributed by atoms with Gasteiger partial charge in [-0.05, 0) is 66.3 Å². The van der Waals surface area contributed by atoms with Gasteiger partial charge in [0, 0.05) is 57.3 Å². The number of rotatable bonds is 3. The minimum atomic E-state index is -4.01. The molecule has 4 aliphatic rings. The summed E-state index contributed by atoms with van der Waals surface area (Å²) >= 11 is 0. The minimum Gasteiger partial charge on any atom is -0.497 e. The van der Waals surface area contributed by atoms with E-state index in [2.05, 4.69) is 15.0 Å². The summed E-state index contributed by atoms with van der Waals surface area (Å²) in [5, 5.41) is 2.77. The van der Waals surface area contributed by atoms with E-state index in [1.165, 1.54) is 16.3 Å². The van der Waals surface area contributed by atoms with Crippen LogP contribution in [0.3, 0.4) is 0 Å². The molecule has 2 aromatic carbocycles. The monoisotopic (exact) mass is 608 g/mol. The lowest BCUT2D eigenvalue weighted by Gasteiger charge is -2.34. The lowest BCUT2D eigenvalue weighted by atomic mass is 9.81. The van der Waals surface area contributed by atoms with Gasteiger partial charge in [0.05, 0.1) is 18.3 Å². The molecule has 3 aromatic rings. The second-order valence-electron chi connectivity index (χ2n) is 11.8. The lowest BCUT2D eigenvalue weighted by molar-refractivity contribution is -0.125. The summed E-state index contributed by atoms with van der Waals surface area (Å²) in [5.74, 6) is 0.185. The Bertz CT molecular complexity index is 1610. The van der Waals surface area contributed by atoms with Gasteiger partial charge in [0.2, 0.25) is 0 Å². The fraction of sp³-hybridized carbons (Fsp3) is 0.484. The quantitative estimate of drug-likeness (QED) is 0.470. The number of nitrogens with one attached hydrogen (secondary N) is 2. The molecular formula is C31H40N6O5S. The number of benzene rings is 2. The van der Waals surface area contributed by atoms with Crippen LogP contribution in [-0.2, 0) is 21.5 Å². The highest BCUT2D eigenvalue weighted by molar-refractivity contribution is 7.87. The maximum atomic E-state index is 13.6. The smallest absolute Gasteiger partial charge is 0.304 e. The third kappa shape index (κ3) is 6.14. The van der Waals surface area contributed by atoms with Gasteiger partial charge < -0.3 is 9.30 Å². The lowest BCUT2D eigenvalue weighted by Crippen LogP contribution is -2.54. The minimum absolute atomic E-state index is 0.0375. The number of nitrogens with zero attached hydrogens (tertiary/aromatic N) is 4. The highest BCUT2D eigenvalue weighted by Crippen LogP contribution is 2.44. The summed E-state index contributed by atoms with van der Waals surface area (Å²) in [6.07, 6.45) is 5.57. The van der Waals surface area contributed by atoms with Gasteiger partial charge in [-0.3, -0.25) is 19.9 Å². The van der Waals surface area contributed by atoms with Crippen LogP contribution in [0.25, 0.3) is 22.2 Å². The van der Waals surface area contributed by atoms with Crippen LogP contribution in [-0.4, -0.2) is 92.4 Å². The number of carbonyl (C=O) groups excluding carboxylic acids is 2. The molecule has 2 N–H and O–H groups in total. The second-order valence-corrected chi connectivity index (χ2v) is 13.4. The van der Waals surface area contributed by atoms with Crippen molar-refractivity contribution in [3.63, 3.8) is 0 Å². The highest BCUT2D eigenvalue weighted by atomic mass is 32.2. The van der Waals surface area contributed by atoms with Gasteiger partial charge in [-0.2, -0.15) is 12.7 Å². The van der Waals surface area contributed by atoms with Crippen molar-refractivity contribution < 1.29 is 22.7 Å². The van der Waals surface area contributed by atoms with E-state index in [1.807, 2.05) is 41.9 Å². The van der Waals surface area contributed by atoms with Crippen molar-refractivity contribution in [1.29, 1.82) is 0 Å². The Kier molecular flexibility index (Phi) is 8.45. The number of methoxy groups -OCH3 is 1. The first-order valence-electron chi connectivity index (χ1n) is 15.1. The van der Waals surface area contributed by atoms with Gasteiger partial charge in [0.15, 0.2) is 0 Å². The van der Waals surface area contributed by atoms with Crippen LogP contribution in [0.4, 0.5) is 0 Å². The molecule has 11 nitrogen and oxygen atoms in total. The van der Waals surface area contributed by atoms with Crippen LogP contribution in [0.2, 0.25) is 0 Å². The summed E-state index contributed by atoms with van der Waals surface area (Å²) in [4.78, 5) is 29.1. The normalized spacial score (nSPS) is 24.0. The molecule has 1 saturated carbocycles. The van der Waals surface area contributed by atoms with Crippen LogP contribution in [0.5, 0.6) is 5.75 Å². The van der Waals surface area contributed by atoms with Gasteiger partial charge in [-0.25, -0.2) is 9.73 Å². The number of likely N-dealkylation sites (N-methyl/N-ethyl adjacent to an activating group) is 1. The zero-order valence-electron chi connectivity index (χ0n) is 24.8. The molecule has 1 saturated heterocycles. The molecule has 0 unspecified atom stereocenters. The molecule has 2 amide bonds. The van der Waals surface area contributed by atoms with E-state index in [9.17, 15) is 18.0 Å². The Morgan fingerprint density at radius 3 is 2.23 bits per heavy atom. The number of fused-ring (bicyclic) bond motifs is 9. The van der Waals surface area contributed by atoms with E-state index >= 15 is 0 Å². The fourth-order valence-corrected chi connectivity index (χ4v) is 7.84. The van der Waals surface area contributed by atoms with Crippen molar-refractivity contribution in [2.45, 2.75) is 44.6 Å². The number of hydrogen-bond acceptors (Lipinski definition) is 7. The molecule has 0 spiro atoms. The van der Waals surface area contributed by atoms with Gasteiger partial charge in [-0.1, -0.05) is 25.3 Å². The molecule has 4 heterocycles. The molecule has 1 aromatic heterocycles. The van der Waals surface area contributed by atoms with Gasteiger partial charge >= 0.3 is 10.2 Å². The van der Waals surface area contributed by atoms with Gasteiger partial charge in [0.1, 0.15) is 12.3 Å². The molecule has 1 aliphatic carbocycles. The molecule has 0 radical (unpaired) electrons. The predicted octanol–water partition coefficient (Wildman–Crippen LogP) is 2.93. The van der Waals surface area contributed by atoms with E-state index in [-0.39, 0.29) is 31.1 Å². The molecule has 2 fully saturated rings. The SMILES string of the molecule is COc1ccc(-c2c(C3CCCCC3)c3ccc4cc3n2CC(=O)NN(C)CCN2CCN(CC2)S(=O)(=O)NC4=O)cc1. The number of carbonyl (C=O) groups is 2. The molecule has 12 heteroatoms. The Balaban J connectivity index is 1.52. The molecule has 230 valence electrons. The Hall–Kier alpha value is -3.45. The van der Waals surface area contributed by atoms with Crippen LogP contribution in [0, 0.1) is 0 Å². The zero-order valence-corrected chi connectivity index (χ0v) is 25.7. The average Bonchev–Trinajstić information content (AvgIpc) is 3.33. The topological polar surface area (TPSA) is 116 Å². The second kappa shape index (κ2) is 12.3. The van der Waals surface area contributed by atoms with Crippen molar-refractivity contribution in [1.82, 2.24) is 28.9 Å². The van der Waals surface area contributed by atoms with E-state index in [1.54, 1.807) is 24.3 Å². The average molecular weight is 609 g/mol. The summed E-state index contributed by atoms with van der Waals surface area (Å²) in [5.41, 5.74) is 7.06. The molecule has 4 bridgehead atoms. The molecule has 3 aliphatic heterocycles. The van der Waals surface area contributed by atoms with Crippen molar-refractivity contribution in [2.75, 3.05) is 53.4 Å². The third-order valence-corrected chi connectivity index (χ3v) is 10.5. The predicted molar refractivity (Wildman–Crippen MR) is 165 cm³/mol. The van der Waals surface area contributed by atoms with Crippen molar-refractivity contribution in [3.05, 3.63) is 53.6 Å². The van der Waals surface area contributed by atoms with Gasteiger partial charge in [0.25, 0.3) is 11.8 Å². The van der Waals surface area contributed by atoms with Gasteiger partial charge in [-0.15, -0.1) is 0 Å². The maximum Gasteiger partial charge on any atom is 0.304 e. The van der Waals surface area contributed by atoms with E-state index < -0.39 is 16.1 Å². The number of ether oxygens (including phenoxy) is 1. The molecule has 7 rings (SSSR count). The third-order valence-electron chi connectivity index (χ3n) is 9.00. The van der Waals surface area contributed by atoms with Crippen molar-refractivity contribution in [3.8, 4) is 17.0 Å². The van der Waals surface area contributed by atoms with E-state index in [4.69, 9.17) is 4.74 Å². The number of hydrazine groups is 1. The summed E-state index contributed by atoms with van der Waals surface area (Å²) in [6, 6.07) is 13.2. The first-order chi connectivity index (χ1) is 20.7. The Morgan fingerprint density at radius 2 is 1.53 bits per heavy atom. The Morgan fingerprint density at radius 1 is 0.860 bits per heavy atom. The van der Waals surface area contributed by atoms with Crippen LogP contribution < -0.4 is 14.9 Å². The standard InChI is InChI=1S/C31H40N6O5S/c1-34-14-15-35-16-18-36(19-17-35)43(40,41)33-31(39)24-10-13-26-27(20-24)37(21-28(38)32-34)30(23-8-11-25(42-2)12-9-23)29(26)22-6-4-3-5-7-22/h8-13,20,22H,3-7,14-19,21H2,1-2H3,(H,32,38)(H,33,39). The van der Waals surface area contributed by atoms with Crippen LogP contribution in [0.1, 0.15) is 53.9 Å². The first-order valence-corrected chi connectivity index (χ1v) is 16.5. The summed E-state index contributed by atoms with van der Waals surface area (Å²) in [6.45, 7) is 2.97. The number of piperazine rings is 1. The zero-order chi connectivity index (χ0) is 30.1. The first kappa shape index (κ1) is 29.6. The molecule has 43 heavy (non-hydrogen) atoms. The number of aromatic nitrogens is 1. The summed E-state index contributed by atoms with van der Waals surface area (Å²) < 4.78 is 37.4. The van der Waals surface area contributed by atoms with E-state index in [0.29, 0.717) is 32.1 Å². The highest BCUT2D eigenvalue weighted by Gasteiger charge is 2.31. The largest absolute Gasteiger partial charge is 0.497 e.